The van der Waals surface area contributed by atoms with E-state index in [4.69, 9.17) is 0 Å². The quantitative estimate of drug-likeness (QED) is 0.342. The highest BCUT2D eigenvalue weighted by Gasteiger charge is 1.67. The van der Waals surface area contributed by atoms with Crippen LogP contribution in [-0.4, -0.2) is 13.3 Å². The largest absolute Gasteiger partial charge is 0.152 e. The fourth-order valence-corrected chi connectivity index (χ4v) is 0. The van der Waals surface area contributed by atoms with Crippen molar-refractivity contribution in [1.29, 1.82) is 0 Å². The van der Waals surface area contributed by atoms with Gasteiger partial charge in [-0.25, -0.2) is 0 Å². The monoisotopic (exact) mass is 94.0 g/mol. The smallest absolute Gasteiger partial charge is 0.0356 e. The highest BCUT2D eigenvalue weighted by molar-refractivity contribution is 8.44. The molecule has 0 atom stereocenters. The van der Waals surface area contributed by atoms with Gasteiger partial charge in [0.15, 0.2) is 0 Å². The van der Waals surface area contributed by atoms with E-state index in [1.54, 1.807) is 0 Å². The predicted octanol–water partition coefficient (Wildman–Crippen LogP) is 1.57. The molecule has 0 aromatic rings. The Morgan fingerprint density at radius 2 is 1.50 bits per heavy atom. The third-order valence-corrected chi connectivity index (χ3v) is 0. The van der Waals surface area contributed by atoms with Gasteiger partial charge in [-0.2, -0.15) is 12.2 Å². The van der Waals surface area contributed by atoms with Crippen LogP contribution in [0.4, 0.5) is 0 Å². The molecule has 0 nitrogen and oxygen atoms in total. The Labute approximate surface area is 33.5 Å². The Bertz CT molecular complexity index is 10.8. The van der Waals surface area contributed by atoms with E-state index >= 15 is 0 Å². The molecule has 0 heterocycles. The molecule has 0 rings (SSSR count). The van der Waals surface area contributed by atoms with E-state index in [0.717, 1.165) is 0 Å². The molecule has 0 aliphatic rings. The van der Waals surface area contributed by atoms with Gasteiger partial charge in [-0.3, -0.25) is 0 Å². The van der Waals surface area contributed by atoms with Crippen LogP contribution in [0.2, 0.25) is 0 Å². The van der Waals surface area contributed by atoms with Gasteiger partial charge in [-0.15, -0.1) is 0 Å². The second-order valence-corrected chi connectivity index (χ2v) is 4.94. The summed E-state index contributed by atoms with van der Waals surface area (Å²) in [7, 11) is 0.0741. The lowest BCUT2D eigenvalue weighted by molar-refractivity contribution is 2.30. The maximum atomic E-state index is 4.03. The van der Waals surface area contributed by atoms with Gasteiger partial charge < -0.3 is 0 Å². The third kappa shape index (κ3) is 14.5. The molecule has 0 aliphatic heterocycles. The van der Waals surface area contributed by atoms with Crippen LogP contribution >= 0.6 is 19.4 Å². The summed E-state index contributed by atoms with van der Waals surface area (Å²) in [5.41, 5.74) is 0. The maximum Gasteiger partial charge on any atom is -0.0356 e. The molecule has 4 heavy (non-hydrogen) atoms. The molecule has 26 valence electrons. The molecule has 0 fully saturated rings. The van der Waals surface area contributed by atoms with Gasteiger partial charge >= 0.3 is 0 Å². The Morgan fingerprint density at radius 3 is 1.50 bits per heavy atom. The average Bonchev–Trinajstić information content (AvgIpc) is 0.811. The van der Waals surface area contributed by atoms with E-state index in [0.29, 0.717) is 0 Å². The molecular weight excluding hydrogens is 87.1 g/mol. The summed E-state index contributed by atoms with van der Waals surface area (Å²) in [5.74, 6) is 0. The lowest BCUT2D eigenvalue weighted by Gasteiger charge is -1.80. The molecule has 0 amide bonds. The van der Waals surface area contributed by atoms with Crippen molar-refractivity contribution >= 4 is 19.4 Å². The first kappa shape index (κ1) is 4.78. The van der Waals surface area contributed by atoms with E-state index in [9.17, 15) is 0 Å². The molecule has 0 N–H and O–H groups in total. The van der Waals surface area contributed by atoms with Crippen molar-refractivity contribution in [2.75, 3.05) is 13.3 Å². The van der Waals surface area contributed by atoms with Crippen LogP contribution in [0.15, 0.2) is 0 Å². The normalized spacial score (nSPS) is 9.00. The van der Waals surface area contributed by atoms with E-state index in [1.807, 2.05) is 0 Å². The topological polar surface area (TPSA) is 0 Å². The zero-order chi connectivity index (χ0) is 3.58. The van der Waals surface area contributed by atoms with Gasteiger partial charge in [0.05, 0.1) is 0 Å². The van der Waals surface area contributed by atoms with Gasteiger partial charge in [-0.1, -0.05) is 7.12 Å². The summed E-state index contributed by atoms with van der Waals surface area (Å²) in [5, 5.41) is 0. The molecule has 0 unspecified atom stereocenters. The SMILES string of the molecule is CP(C)S. The maximum absolute atomic E-state index is 4.03. The van der Waals surface area contributed by atoms with Crippen molar-refractivity contribution in [3.8, 4) is 0 Å². The molecule has 0 saturated heterocycles. The van der Waals surface area contributed by atoms with Crippen molar-refractivity contribution in [1.82, 2.24) is 0 Å². The number of rotatable bonds is 0. The lowest BCUT2D eigenvalue weighted by Crippen LogP contribution is -1.36. The minimum Gasteiger partial charge on any atom is -0.152 e. The van der Waals surface area contributed by atoms with E-state index in [-0.39, 0.29) is 7.12 Å². The molecule has 0 saturated carbocycles. The first-order valence-electron chi connectivity index (χ1n) is 1.09. The molecule has 0 aromatic carbocycles. The van der Waals surface area contributed by atoms with Crippen molar-refractivity contribution in [2.45, 2.75) is 0 Å². The number of thiol groups is 1. The summed E-state index contributed by atoms with van der Waals surface area (Å²) in [6.07, 6.45) is 0. The van der Waals surface area contributed by atoms with Crippen LogP contribution in [0.5, 0.6) is 0 Å². The second-order valence-electron chi connectivity index (χ2n) is 0.847. The Balaban J connectivity index is 2.32. The molecular formula is C2H7PS. The molecule has 0 aliphatic carbocycles. The Kier molecular flexibility index (Phi) is 2.44. The Morgan fingerprint density at radius 1 is 1.50 bits per heavy atom. The van der Waals surface area contributed by atoms with Crippen LogP contribution in [0, 0.1) is 0 Å². The van der Waals surface area contributed by atoms with Crippen LogP contribution < -0.4 is 0 Å². The van der Waals surface area contributed by atoms with Crippen LogP contribution in [0.25, 0.3) is 0 Å². The zero-order valence-electron chi connectivity index (χ0n) is 2.89. The minimum atomic E-state index is 0.0741. The highest BCUT2D eigenvalue weighted by atomic mass is 32.7. The van der Waals surface area contributed by atoms with Gasteiger partial charge in [0.25, 0.3) is 0 Å². The second kappa shape index (κ2) is 2.04. The minimum absolute atomic E-state index is 0.0741. The van der Waals surface area contributed by atoms with Crippen LogP contribution in [-0.2, 0) is 0 Å². The molecule has 2 heteroatoms. The molecule has 0 bridgehead atoms. The van der Waals surface area contributed by atoms with E-state index in [2.05, 4.69) is 25.6 Å². The van der Waals surface area contributed by atoms with Crippen molar-refractivity contribution in [3.63, 3.8) is 0 Å². The molecule has 0 aromatic heterocycles. The summed E-state index contributed by atoms with van der Waals surface area (Å²) >= 11 is 4.03. The summed E-state index contributed by atoms with van der Waals surface area (Å²) in [6.45, 7) is 4.19. The predicted molar refractivity (Wildman–Crippen MR) is 27.8 cm³/mol. The van der Waals surface area contributed by atoms with Gasteiger partial charge in [0.1, 0.15) is 0 Å². The third-order valence-electron chi connectivity index (χ3n) is 0. The fraction of sp³-hybridized carbons (Fsp3) is 1.00. The standard InChI is InChI=1S/C2H7PS/c1-3(2)4/h4H,1-2H3. The number of hydrogen-bond donors (Lipinski definition) is 1. The van der Waals surface area contributed by atoms with Crippen molar-refractivity contribution < 1.29 is 0 Å². The first-order chi connectivity index (χ1) is 1.73. The summed E-state index contributed by atoms with van der Waals surface area (Å²) < 4.78 is 0. The summed E-state index contributed by atoms with van der Waals surface area (Å²) in [6, 6.07) is 0. The first-order valence-corrected chi connectivity index (χ1v) is 4.48. The molecule has 0 radical (unpaired) electrons. The van der Waals surface area contributed by atoms with Gasteiger partial charge in [0.2, 0.25) is 0 Å². The van der Waals surface area contributed by atoms with Gasteiger partial charge in [0, 0.05) is 0 Å². The fourth-order valence-electron chi connectivity index (χ4n) is 0. The zero-order valence-corrected chi connectivity index (χ0v) is 4.68. The molecule has 0 spiro atoms. The summed E-state index contributed by atoms with van der Waals surface area (Å²) in [4.78, 5) is 0. The lowest BCUT2D eigenvalue weighted by atomic mass is 11.9. The van der Waals surface area contributed by atoms with E-state index < -0.39 is 0 Å². The van der Waals surface area contributed by atoms with Crippen molar-refractivity contribution in [2.24, 2.45) is 0 Å². The van der Waals surface area contributed by atoms with Crippen LogP contribution in [0.3, 0.4) is 0 Å². The Hall–Kier alpha value is 0.780. The van der Waals surface area contributed by atoms with E-state index in [1.165, 1.54) is 0 Å². The van der Waals surface area contributed by atoms with Crippen LogP contribution in [0.1, 0.15) is 0 Å². The number of hydrogen-bond acceptors (Lipinski definition) is 1. The highest BCUT2D eigenvalue weighted by Crippen LogP contribution is 2.28. The van der Waals surface area contributed by atoms with Crippen molar-refractivity contribution in [3.05, 3.63) is 0 Å². The van der Waals surface area contributed by atoms with Gasteiger partial charge in [-0.05, 0) is 13.3 Å². The average molecular weight is 94.1 g/mol.